The number of hydrogen-bond donors (Lipinski definition) is 0. The second-order valence-electron chi connectivity index (χ2n) is 14.7. The van der Waals surface area contributed by atoms with Crippen LogP contribution in [0.2, 0.25) is 0 Å². The van der Waals surface area contributed by atoms with E-state index < -0.39 is 0 Å². The standard InChI is InChI=1S/C53H31N3OS/c1-2-12-36-30-37(25-20-32(36)10-1)51-54-52(38-26-27-43-42-15-6-8-19-47(42)58-48(43)31-38)56-53(55-51)45-29-28-41(50-49(45)44-16-5-7-18-46(44)57-50)35-23-21-34(22-24-35)40-17-9-13-33-11-3-4-14-39(33)40/h1-31H. The van der Waals surface area contributed by atoms with Crippen LogP contribution in [-0.4, -0.2) is 15.0 Å². The van der Waals surface area contributed by atoms with E-state index in [1.165, 1.54) is 47.5 Å². The molecule has 0 N–H and O–H groups in total. The summed E-state index contributed by atoms with van der Waals surface area (Å²) in [5.74, 6) is 1.84. The smallest absolute Gasteiger partial charge is 0.164 e. The first-order valence-corrected chi connectivity index (χ1v) is 20.2. The molecule has 0 bridgehead atoms. The van der Waals surface area contributed by atoms with E-state index >= 15 is 0 Å². The van der Waals surface area contributed by atoms with Crippen molar-refractivity contribution in [1.29, 1.82) is 0 Å². The number of para-hydroxylation sites is 1. The molecule has 0 fully saturated rings. The molecule has 12 rings (SSSR count). The first kappa shape index (κ1) is 32.7. The van der Waals surface area contributed by atoms with E-state index in [-0.39, 0.29) is 0 Å². The van der Waals surface area contributed by atoms with Gasteiger partial charge in [-0.2, -0.15) is 0 Å². The van der Waals surface area contributed by atoms with Gasteiger partial charge < -0.3 is 4.42 Å². The minimum absolute atomic E-state index is 0.596. The van der Waals surface area contributed by atoms with Crippen molar-refractivity contribution in [2.24, 2.45) is 0 Å². The number of fused-ring (bicyclic) bond motifs is 8. The highest BCUT2D eigenvalue weighted by atomic mass is 32.1. The lowest BCUT2D eigenvalue weighted by atomic mass is 9.94. The molecule has 58 heavy (non-hydrogen) atoms. The summed E-state index contributed by atoms with van der Waals surface area (Å²) in [7, 11) is 0. The quantitative estimate of drug-likeness (QED) is 0.175. The average Bonchev–Trinajstić information content (AvgIpc) is 3.87. The lowest BCUT2D eigenvalue weighted by Crippen LogP contribution is -2.00. The Bertz CT molecular complexity index is 3580. The van der Waals surface area contributed by atoms with Crippen LogP contribution in [0.4, 0.5) is 0 Å². The van der Waals surface area contributed by atoms with Gasteiger partial charge in [-0.15, -0.1) is 11.3 Å². The molecule has 3 heterocycles. The number of aromatic nitrogens is 3. The lowest BCUT2D eigenvalue weighted by molar-refractivity contribution is 0.670. The molecule has 0 saturated heterocycles. The van der Waals surface area contributed by atoms with Crippen molar-refractivity contribution < 1.29 is 4.42 Å². The monoisotopic (exact) mass is 757 g/mol. The first-order valence-electron chi connectivity index (χ1n) is 19.4. The minimum Gasteiger partial charge on any atom is -0.455 e. The molecule has 0 atom stereocenters. The summed E-state index contributed by atoms with van der Waals surface area (Å²) in [4.78, 5) is 15.7. The molecule has 0 aliphatic heterocycles. The van der Waals surface area contributed by atoms with Gasteiger partial charge in [0, 0.05) is 53.2 Å². The SMILES string of the molecule is c1ccc2cc(-c3nc(-c4ccc5c(c4)sc4ccccc45)nc(-c4ccc(-c5ccc(-c6cccc7ccccc67)cc5)c5oc6ccccc6c45)n3)ccc2c1. The molecule has 4 nitrogen and oxygen atoms in total. The molecule has 12 aromatic rings. The summed E-state index contributed by atoms with van der Waals surface area (Å²) in [5.41, 5.74) is 8.87. The Morgan fingerprint density at radius 1 is 0.345 bits per heavy atom. The van der Waals surface area contributed by atoms with Gasteiger partial charge in [0.15, 0.2) is 17.5 Å². The molecular formula is C53H31N3OS. The maximum absolute atomic E-state index is 6.76. The number of hydrogen-bond acceptors (Lipinski definition) is 5. The predicted octanol–water partition coefficient (Wildman–Crippen LogP) is 14.8. The highest BCUT2D eigenvalue weighted by Gasteiger charge is 2.21. The summed E-state index contributed by atoms with van der Waals surface area (Å²) < 4.78 is 9.22. The Labute approximate surface area is 337 Å². The van der Waals surface area contributed by atoms with Crippen molar-refractivity contribution in [3.8, 4) is 56.4 Å². The van der Waals surface area contributed by atoms with Crippen LogP contribution in [0.25, 0.3) is 120 Å². The minimum atomic E-state index is 0.596. The summed E-state index contributed by atoms with van der Waals surface area (Å²) in [6, 6.07) is 66.3. The van der Waals surface area contributed by atoms with Crippen LogP contribution in [0.1, 0.15) is 0 Å². The second kappa shape index (κ2) is 13.1. The van der Waals surface area contributed by atoms with Gasteiger partial charge in [0.25, 0.3) is 0 Å². The Morgan fingerprint density at radius 3 is 1.78 bits per heavy atom. The Hall–Kier alpha value is -7.47. The van der Waals surface area contributed by atoms with Crippen LogP contribution in [0.15, 0.2) is 192 Å². The van der Waals surface area contributed by atoms with E-state index in [2.05, 4.69) is 176 Å². The van der Waals surface area contributed by atoms with E-state index in [4.69, 9.17) is 19.4 Å². The molecule has 0 amide bonds. The summed E-state index contributed by atoms with van der Waals surface area (Å²) in [6.45, 7) is 0. The topological polar surface area (TPSA) is 51.8 Å². The van der Waals surface area contributed by atoms with Crippen molar-refractivity contribution in [2.45, 2.75) is 0 Å². The second-order valence-corrected chi connectivity index (χ2v) is 15.8. The fraction of sp³-hybridized carbons (Fsp3) is 0. The number of nitrogens with zero attached hydrogens (tertiary/aromatic N) is 3. The third-order valence-electron chi connectivity index (χ3n) is 11.3. The van der Waals surface area contributed by atoms with Gasteiger partial charge >= 0.3 is 0 Å². The fourth-order valence-electron chi connectivity index (χ4n) is 8.50. The summed E-state index contributed by atoms with van der Waals surface area (Å²) in [6.07, 6.45) is 0. The highest BCUT2D eigenvalue weighted by Crippen LogP contribution is 2.43. The number of thiophene rings is 1. The van der Waals surface area contributed by atoms with E-state index in [1.54, 1.807) is 11.3 Å². The Kier molecular flexibility index (Phi) is 7.37. The fourth-order valence-corrected chi connectivity index (χ4v) is 9.64. The van der Waals surface area contributed by atoms with Crippen molar-refractivity contribution in [2.75, 3.05) is 0 Å². The summed E-state index contributed by atoms with van der Waals surface area (Å²) in [5, 5.41) is 9.27. The zero-order valence-electron chi connectivity index (χ0n) is 31.1. The number of furan rings is 1. The highest BCUT2D eigenvalue weighted by molar-refractivity contribution is 7.25. The van der Waals surface area contributed by atoms with Crippen molar-refractivity contribution >= 4 is 75.0 Å². The predicted molar refractivity (Wildman–Crippen MR) is 242 cm³/mol. The van der Waals surface area contributed by atoms with Crippen LogP contribution in [0, 0.1) is 0 Å². The van der Waals surface area contributed by atoms with Crippen LogP contribution >= 0.6 is 11.3 Å². The van der Waals surface area contributed by atoms with E-state index in [0.29, 0.717) is 17.5 Å². The molecule has 0 aliphatic rings. The number of rotatable bonds is 5. The summed E-state index contributed by atoms with van der Waals surface area (Å²) >= 11 is 1.79. The molecule has 270 valence electrons. The van der Waals surface area contributed by atoms with Crippen LogP contribution < -0.4 is 0 Å². The maximum atomic E-state index is 6.76. The van der Waals surface area contributed by atoms with E-state index in [9.17, 15) is 0 Å². The third kappa shape index (κ3) is 5.32. The van der Waals surface area contributed by atoms with Gasteiger partial charge in [0.1, 0.15) is 11.2 Å². The van der Waals surface area contributed by atoms with Crippen molar-refractivity contribution in [3.63, 3.8) is 0 Å². The molecule has 0 radical (unpaired) electrons. The molecule has 0 unspecified atom stereocenters. The molecule has 0 aliphatic carbocycles. The van der Waals surface area contributed by atoms with Crippen molar-refractivity contribution in [3.05, 3.63) is 188 Å². The molecular weight excluding hydrogens is 727 g/mol. The largest absolute Gasteiger partial charge is 0.455 e. The van der Waals surface area contributed by atoms with Crippen LogP contribution in [-0.2, 0) is 0 Å². The molecule has 5 heteroatoms. The van der Waals surface area contributed by atoms with Gasteiger partial charge in [-0.3, -0.25) is 0 Å². The van der Waals surface area contributed by atoms with Gasteiger partial charge in [-0.25, -0.2) is 15.0 Å². The first-order chi connectivity index (χ1) is 28.7. The molecule has 3 aromatic heterocycles. The average molecular weight is 758 g/mol. The Balaban J connectivity index is 1.05. The van der Waals surface area contributed by atoms with Gasteiger partial charge in [-0.05, 0) is 74.6 Å². The molecule has 0 spiro atoms. The maximum Gasteiger partial charge on any atom is 0.164 e. The lowest BCUT2D eigenvalue weighted by Gasteiger charge is -2.12. The Morgan fingerprint density at radius 2 is 0.931 bits per heavy atom. The molecule has 9 aromatic carbocycles. The van der Waals surface area contributed by atoms with E-state index in [0.717, 1.165) is 55.1 Å². The van der Waals surface area contributed by atoms with Gasteiger partial charge in [-0.1, -0.05) is 152 Å². The zero-order chi connectivity index (χ0) is 38.2. The molecule has 0 saturated carbocycles. The van der Waals surface area contributed by atoms with Gasteiger partial charge in [0.05, 0.1) is 0 Å². The van der Waals surface area contributed by atoms with Gasteiger partial charge in [0.2, 0.25) is 0 Å². The third-order valence-corrected chi connectivity index (χ3v) is 12.5. The number of benzene rings is 9. The van der Waals surface area contributed by atoms with Crippen molar-refractivity contribution in [1.82, 2.24) is 15.0 Å². The van der Waals surface area contributed by atoms with Crippen LogP contribution in [0.5, 0.6) is 0 Å². The van der Waals surface area contributed by atoms with Crippen LogP contribution in [0.3, 0.4) is 0 Å². The van der Waals surface area contributed by atoms with E-state index in [1.807, 2.05) is 12.1 Å². The normalized spacial score (nSPS) is 11.8. The zero-order valence-corrected chi connectivity index (χ0v) is 31.9.